The van der Waals surface area contributed by atoms with Crippen molar-refractivity contribution in [3.05, 3.63) is 20.8 Å². The van der Waals surface area contributed by atoms with Crippen LogP contribution in [0.3, 0.4) is 0 Å². The number of hydrogen-bond acceptors (Lipinski definition) is 3. The van der Waals surface area contributed by atoms with Gasteiger partial charge in [0.15, 0.2) is 0 Å². The molecular formula is C13H20BrNOS. The lowest BCUT2D eigenvalue weighted by Gasteiger charge is -2.35. The summed E-state index contributed by atoms with van der Waals surface area (Å²) in [7, 11) is 0. The second kappa shape index (κ2) is 5.83. The summed E-state index contributed by atoms with van der Waals surface area (Å²) < 4.78 is 1.17. The summed E-state index contributed by atoms with van der Waals surface area (Å²) in [6.45, 7) is 3.85. The Kier molecular flexibility index (Phi) is 4.64. The van der Waals surface area contributed by atoms with Gasteiger partial charge in [-0.15, -0.1) is 11.3 Å². The fourth-order valence-corrected chi connectivity index (χ4v) is 3.79. The molecule has 1 heterocycles. The second-order valence-electron chi connectivity index (χ2n) is 5.22. The maximum atomic E-state index is 10.4. The van der Waals surface area contributed by atoms with Crippen molar-refractivity contribution in [2.75, 3.05) is 6.54 Å². The van der Waals surface area contributed by atoms with Gasteiger partial charge in [-0.1, -0.05) is 6.92 Å². The van der Waals surface area contributed by atoms with Crippen LogP contribution in [-0.4, -0.2) is 17.3 Å². The summed E-state index contributed by atoms with van der Waals surface area (Å²) >= 11 is 5.21. The molecule has 17 heavy (non-hydrogen) atoms. The molecule has 4 heteroatoms. The number of nitrogens with one attached hydrogen (secondary N) is 1. The highest BCUT2D eigenvalue weighted by molar-refractivity contribution is 9.11. The number of hydrogen-bond donors (Lipinski definition) is 2. The molecule has 0 atom stereocenters. The molecule has 0 aromatic carbocycles. The molecule has 0 bridgehead atoms. The van der Waals surface area contributed by atoms with Gasteiger partial charge in [0.2, 0.25) is 0 Å². The smallest absolute Gasteiger partial charge is 0.0771 e. The van der Waals surface area contributed by atoms with Gasteiger partial charge in [-0.2, -0.15) is 0 Å². The van der Waals surface area contributed by atoms with Gasteiger partial charge in [0.1, 0.15) is 0 Å². The lowest BCUT2D eigenvalue weighted by Crippen LogP contribution is -2.43. The number of rotatable bonds is 4. The first-order valence-electron chi connectivity index (χ1n) is 6.25. The molecule has 2 nitrogen and oxygen atoms in total. The normalized spacial score (nSPS) is 29.5. The molecule has 2 rings (SSSR count). The lowest BCUT2D eigenvalue weighted by atomic mass is 9.79. The molecular weight excluding hydrogens is 298 g/mol. The van der Waals surface area contributed by atoms with Crippen molar-refractivity contribution >= 4 is 27.3 Å². The number of thiophene rings is 1. The van der Waals surface area contributed by atoms with E-state index >= 15 is 0 Å². The minimum Gasteiger partial charge on any atom is -0.389 e. The Morgan fingerprint density at radius 1 is 1.47 bits per heavy atom. The summed E-state index contributed by atoms with van der Waals surface area (Å²) in [5.74, 6) is 0.781. The molecule has 1 aliphatic rings. The van der Waals surface area contributed by atoms with E-state index in [9.17, 15) is 5.11 Å². The average molecular weight is 318 g/mol. The fourth-order valence-electron chi connectivity index (χ4n) is 2.34. The Labute approximate surface area is 116 Å². The van der Waals surface area contributed by atoms with E-state index in [1.807, 2.05) is 0 Å². The van der Waals surface area contributed by atoms with Crippen molar-refractivity contribution in [2.45, 2.75) is 44.8 Å². The molecule has 1 aromatic heterocycles. The van der Waals surface area contributed by atoms with Gasteiger partial charge in [0.25, 0.3) is 0 Å². The van der Waals surface area contributed by atoms with Crippen molar-refractivity contribution in [1.82, 2.24) is 5.32 Å². The van der Waals surface area contributed by atoms with Crippen molar-refractivity contribution in [1.29, 1.82) is 0 Å². The van der Waals surface area contributed by atoms with Crippen molar-refractivity contribution in [2.24, 2.45) is 5.92 Å². The van der Waals surface area contributed by atoms with E-state index in [0.717, 1.165) is 44.7 Å². The van der Waals surface area contributed by atoms with Crippen LogP contribution in [-0.2, 0) is 6.54 Å². The van der Waals surface area contributed by atoms with Gasteiger partial charge in [-0.3, -0.25) is 0 Å². The Hall–Kier alpha value is 0.1000. The molecule has 0 amide bonds. The molecule has 0 saturated heterocycles. The molecule has 0 spiro atoms. The first-order valence-corrected chi connectivity index (χ1v) is 7.86. The Morgan fingerprint density at radius 3 is 2.76 bits per heavy atom. The van der Waals surface area contributed by atoms with E-state index in [2.05, 4.69) is 40.3 Å². The van der Waals surface area contributed by atoms with Crippen molar-refractivity contribution in [3.8, 4) is 0 Å². The zero-order chi connectivity index (χ0) is 12.3. The minimum atomic E-state index is -0.471. The highest BCUT2D eigenvalue weighted by Crippen LogP contribution is 2.31. The fraction of sp³-hybridized carbons (Fsp3) is 0.692. The predicted octanol–water partition coefficient (Wildman–Crippen LogP) is 3.54. The van der Waals surface area contributed by atoms with Crippen LogP contribution in [0.4, 0.5) is 0 Å². The minimum absolute atomic E-state index is 0.471. The van der Waals surface area contributed by atoms with E-state index in [0.29, 0.717) is 0 Å². The molecule has 0 unspecified atom stereocenters. The molecule has 96 valence electrons. The molecule has 1 aliphatic carbocycles. The predicted molar refractivity (Wildman–Crippen MR) is 76.3 cm³/mol. The first-order chi connectivity index (χ1) is 8.07. The quantitative estimate of drug-likeness (QED) is 0.890. The van der Waals surface area contributed by atoms with Crippen molar-refractivity contribution in [3.63, 3.8) is 0 Å². The zero-order valence-corrected chi connectivity index (χ0v) is 12.6. The topological polar surface area (TPSA) is 32.3 Å². The zero-order valence-electron chi connectivity index (χ0n) is 10.2. The molecule has 0 aliphatic heterocycles. The number of aliphatic hydroxyl groups is 1. The SMILES string of the molecule is CC1CCC(O)(CNCc2ccc(Br)s2)CC1. The van der Waals surface area contributed by atoms with Crippen LogP contribution >= 0.6 is 27.3 Å². The van der Waals surface area contributed by atoms with Crippen LogP contribution in [0.5, 0.6) is 0 Å². The van der Waals surface area contributed by atoms with Gasteiger partial charge < -0.3 is 10.4 Å². The van der Waals surface area contributed by atoms with E-state index in [1.165, 1.54) is 8.66 Å². The van der Waals surface area contributed by atoms with Crippen LogP contribution in [0.1, 0.15) is 37.5 Å². The Bertz CT molecular complexity index is 358. The second-order valence-corrected chi connectivity index (χ2v) is 7.76. The molecule has 1 aromatic rings. The van der Waals surface area contributed by atoms with Crippen LogP contribution < -0.4 is 5.32 Å². The van der Waals surface area contributed by atoms with Crippen LogP contribution in [0, 0.1) is 5.92 Å². The summed E-state index contributed by atoms with van der Waals surface area (Å²) in [6.07, 6.45) is 4.19. The van der Waals surface area contributed by atoms with E-state index in [4.69, 9.17) is 0 Å². The molecule has 1 fully saturated rings. The van der Waals surface area contributed by atoms with Crippen LogP contribution in [0.15, 0.2) is 15.9 Å². The molecule has 1 saturated carbocycles. The van der Waals surface area contributed by atoms with E-state index in [-0.39, 0.29) is 0 Å². The largest absolute Gasteiger partial charge is 0.389 e. The highest BCUT2D eigenvalue weighted by atomic mass is 79.9. The third kappa shape index (κ3) is 4.05. The Balaban J connectivity index is 1.74. The van der Waals surface area contributed by atoms with Gasteiger partial charge in [0.05, 0.1) is 9.39 Å². The summed E-state index contributed by atoms with van der Waals surface area (Å²) in [4.78, 5) is 1.31. The van der Waals surface area contributed by atoms with Gasteiger partial charge in [-0.05, 0) is 59.7 Å². The van der Waals surface area contributed by atoms with Gasteiger partial charge in [-0.25, -0.2) is 0 Å². The monoisotopic (exact) mass is 317 g/mol. The van der Waals surface area contributed by atoms with Crippen molar-refractivity contribution < 1.29 is 5.11 Å². The van der Waals surface area contributed by atoms with Gasteiger partial charge >= 0.3 is 0 Å². The van der Waals surface area contributed by atoms with E-state index < -0.39 is 5.60 Å². The third-order valence-corrected chi connectivity index (χ3v) is 5.21. The van der Waals surface area contributed by atoms with E-state index in [1.54, 1.807) is 11.3 Å². The first kappa shape index (κ1) is 13.5. The Morgan fingerprint density at radius 2 is 2.18 bits per heavy atom. The maximum Gasteiger partial charge on any atom is 0.0771 e. The highest BCUT2D eigenvalue weighted by Gasteiger charge is 2.31. The maximum absolute atomic E-state index is 10.4. The number of halogens is 1. The summed E-state index contributed by atoms with van der Waals surface area (Å²) in [6, 6.07) is 4.19. The molecule has 2 N–H and O–H groups in total. The third-order valence-electron chi connectivity index (χ3n) is 3.59. The van der Waals surface area contributed by atoms with Gasteiger partial charge in [0, 0.05) is 18.0 Å². The molecule has 0 radical (unpaired) electrons. The average Bonchev–Trinajstić information content (AvgIpc) is 2.69. The van der Waals surface area contributed by atoms with Crippen LogP contribution in [0.2, 0.25) is 0 Å². The standard InChI is InChI=1S/C13H20BrNOS/c1-10-4-6-13(16,7-5-10)9-15-8-11-2-3-12(14)17-11/h2-3,10,15-16H,4-9H2,1H3. The summed E-state index contributed by atoms with van der Waals surface area (Å²) in [5, 5.41) is 13.8. The van der Waals surface area contributed by atoms with Crippen LogP contribution in [0.25, 0.3) is 0 Å². The lowest BCUT2D eigenvalue weighted by molar-refractivity contribution is -0.00625. The summed E-state index contributed by atoms with van der Waals surface area (Å²) in [5.41, 5.74) is -0.471.